The lowest BCUT2D eigenvalue weighted by molar-refractivity contribution is -0.156. The van der Waals surface area contributed by atoms with Gasteiger partial charge in [-0.2, -0.15) is 0 Å². The fourth-order valence-corrected chi connectivity index (χ4v) is 3.75. The Morgan fingerprint density at radius 1 is 1.38 bits per heavy atom. The van der Waals surface area contributed by atoms with E-state index >= 15 is 0 Å². The minimum absolute atomic E-state index is 0.161. The number of nitrogens with one attached hydrogen (secondary N) is 2. The zero-order chi connectivity index (χ0) is 18.9. The van der Waals surface area contributed by atoms with Crippen molar-refractivity contribution < 1.29 is 14.4 Å². The standard InChI is InChI=1S/C19H28N4O3/c1-11(24)19(2,26-22)17-8-4-12-9-13(3-7-16(12)25-17)18(21)23-15-6-5-14(20)10-15/h3,7,9,14-15,17H,4-6,8,10,20,22H2,1-2H3,(H2,21,23)/t14-,15+,17+,19+/m0/s1. The molecule has 0 bridgehead atoms. The molecule has 0 aromatic heterocycles. The van der Waals surface area contributed by atoms with Gasteiger partial charge in [0, 0.05) is 17.6 Å². The van der Waals surface area contributed by atoms with E-state index in [0.29, 0.717) is 18.0 Å². The monoisotopic (exact) mass is 360 g/mol. The molecule has 3 rings (SSSR count). The van der Waals surface area contributed by atoms with E-state index in [2.05, 4.69) is 5.32 Å². The predicted molar refractivity (Wildman–Crippen MR) is 99.1 cm³/mol. The second-order valence-corrected chi connectivity index (χ2v) is 7.54. The number of benzene rings is 1. The molecule has 0 saturated heterocycles. The first-order valence-corrected chi connectivity index (χ1v) is 9.13. The van der Waals surface area contributed by atoms with Crippen LogP contribution in [0.15, 0.2) is 18.2 Å². The van der Waals surface area contributed by atoms with Gasteiger partial charge in [-0.3, -0.25) is 15.0 Å². The Morgan fingerprint density at radius 3 is 2.77 bits per heavy atom. The molecule has 1 heterocycles. The van der Waals surface area contributed by atoms with E-state index in [1.807, 2.05) is 18.2 Å². The Bertz CT molecular complexity index is 708. The number of fused-ring (bicyclic) bond motifs is 1. The van der Waals surface area contributed by atoms with E-state index in [1.165, 1.54) is 6.92 Å². The van der Waals surface area contributed by atoms with Crippen LogP contribution < -0.4 is 21.7 Å². The highest BCUT2D eigenvalue weighted by atomic mass is 16.7. The summed E-state index contributed by atoms with van der Waals surface area (Å²) >= 11 is 0. The van der Waals surface area contributed by atoms with Crippen LogP contribution in [0.3, 0.4) is 0 Å². The molecule has 4 atom stereocenters. The van der Waals surface area contributed by atoms with E-state index in [1.54, 1.807) is 6.92 Å². The summed E-state index contributed by atoms with van der Waals surface area (Å²) in [5.74, 6) is 6.33. The number of nitrogens with two attached hydrogens (primary N) is 2. The molecule has 1 aliphatic carbocycles. The fraction of sp³-hybridized carbons (Fsp3) is 0.579. The van der Waals surface area contributed by atoms with Crippen LogP contribution >= 0.6 is 0 Å². The van der Waals surface area contributed by atoms with E-state index in [0.717, 1.165) is 36.8 Å². The molecule has 142 valence electrons. The lowest BCUT2D eigenvalue weighted by Crippen LogP contribution is -2.53. The van der Waals surface area contributed by atoms with Gasteiger partial charge in [-0.15, -0.1) is 0 Å². The Balaban J connectivity index is 1.71. The van der Waals surface area contributed by atoms with Crippen LogP contribution in [0.25, 0.3) is 0 Å². The van der Waals surface area contributed by atoms with E-state index in [9.17, 15) is 4.79 Å². The number of hydrogen-bond donors (Lipinski definition) is 4. The van der Waals surface area contributed by atoms with Crippen LogP contribution in [0.5, 0.6) is 5.75 Å². The first-order valence-electron chi connectivity index (χ1n) is 9.13. The third kappa shape index (κ3) is 3.60. The average molecular weight is 360 g/mol. The summed E-state index contributed by atoms with van der Waals surface area (Å²) in [6.45, 7) is 3.11. The van der Waals surface area contributed by atoms with Crippen LogP contribution in [-0.2, 0) is 16.1 Å². The molecule has 7 nitrogen and oxygen atoms in total. The summed E-state index contributed by atoms with van der Waals surface area (Å²) in [5, 5.41) is 11.6. The fourth-order valence-electron chi connectivity index (χ4n) is 3.75. The zero-order valence-corrected chi connectivity index (χ0v) is 15.4. The van der Waals surface area contributed by atoms with E-state index < -0.39 is 11.7 Å². The molecule has 2 aliphatic rings. The first kappa shape index (κ1) is 18.8. The molecule has 1 fully saturated rings. The number of hydrogen-bond acceptors (Lipinski definition) is 6. The van der Waals surface area contributed by atoms with Crippen LogP contribution in [-0.4, -0.2) is 35.4 Å². The first-order chi connectivity index (χ1) is 12.3. The van der Waals surface area contributed by atoms with Crippen molar-refractivity contribution in [2.45, 2.75) is 69.7 Å². The molecule has 1 saturated carbocycles. The zero-order valence-electron chi connectivity index (χ0n) is 15.4. The van der Waals surface area contributed by atoms with Crippen molar-refractivity contribution in [3.05, 3.63) is 29.3 Å². The summed E-state index contributed by atoms with van der Waals surface area (Å²) < 4.78 is 6.00. The van der Waals surface area contributed by atoms with Crippen molar-refractivity contribution in [3.63, 3.8) is 0 Å². The number of rotatable bonds is 5. The Hall–Kier alpha value is -1.96. The molecule has 26 heavy (non-hydrogen) atoms. The van der Waals surface area contributed by atoms with Gasteiger partial charge in [0.25, 0.3) is 0 Å². The molecule has 7 heteroatoms. The number of ether oxygens (including phenoxy) is 1. The lowest BCUT2D eigenvalue weighted by atomic mass is 9.87. The predicted octanol–water partition coefficient (Wildman–Crippen LogP) is 1.41. The minimum atomic E-state index is -1.16. The van der Waals surface area contributed by atoms with Crippen molar-refractivity contribution in [2.75, 3.05) is 0 Å². The number of carbonyl (C=O) groups is 1. The molecule has 0 radical (unpaired) electrons. The Kier molecular flexibility index (Phi) is 5.32. The minimum Gasteiger partial charge on any atom is -0.487 e. The molecule has 6 N–H and O–H groups in total. The van der Waals surface area contributed by atoms with Crippen molar-refractivity contribution in [2.24, 2.45) is 11.6 Å². The molecule has 1 aromatic carbocycles. The second kappa shape index (κ2) is 7.34. The van der Waals surface area contributed by atoms with Crippen molar-refractivity contribution in [1.29, 1.82) is 5.41 Å². The van der Waals surface area contributed by atoms with Gasteiger partial charge in [0.05, 0.1) is 0 Å². The summed E-state index contributed by atoms with van der Waals surface area (Å²) in [6, 6.07) is 6.19. The van der Waals surface area contributed by atoms with Crippen LogP contribution in [0, 0.1) is 5.41 Å². The largest absolute Gasteiger partial charge is 0.487 e. The summed E-state index contributed by atoms with van der Waals surface area (Å²) in [7, 11) is 0. The number of Topliss-reactive ketones (excluding diaryl/α,β-unsaturated/α-hetero) is 1. The summed E-state index contributed by atoms with van der Waals surface area (Å²) in [6.07, 6.45) is 3.84. The van der Waals surface area contributed by atoms with E-state index in [-0.39, 0.29) is 17.9 Å². The number of carbonyl (C=O) groups excluding carboxylic acids is 1. The van der Waals surface area contributed by atoms with Gasteiger partial charge in [-0.05, 0) is 69.7 Å². The van der Waals surface area contributed by atoms with Crippen molar-refractivity contribution in [1.82, 2.24) is 5.32 Å². The Morgan fingerprint density at radius 2 is 2.15 bits per heavy atom. The van der Waals surface area contributed by atoms with Gasteiger partial charge in [0.2, 0.25) is 0 Å². The second-order valence-electron chi connectivity index (χ2n) is 7.54. The van der Waals surface area contributed by atoms with Crippen molar-refractivity contribution >= 4 is 11.6 Å². The molecule has 1 aliphatic heterocycles. The number of amidine groups is 1. The van der Waals surface area contributed by atoms with E-state index in [4.69, 9.17) is 26.6 Å². The summed E-state index contributed by atoms with van der Waals surface area (Å²) in [4.78, 5) is 16.9. The normalized spacial score (nSPS) is 27.2. The van der Waals surface area contributed by atoms with Gasteiger partial charge in [0.15, 0.2) is 11.4 Å². The highest BCUT2D eigenvalue weighted by Gasteiger charge is 2.43. The van der Waals surface area contributed by atoms with Gasteiger partial charge in [-0.1, -0.05) is 0 Å². The lowest BCUT2D eigenvalue weighted by Gasteiger charge is -2.36. The Labute approximate surface area is 153 Å². The SMILES string of the molecule is CC(=O)[C@@](C)(ON)[C@H]1CCc2cc(C(=N)N[C@@H]3CC[C@H](N)C3)ccc2O1. The van der Waals surface area contributed by atoms with Crippen LogP contribution in [0.4, 0.5) is 0 Å². The van der Waals surface area contributed by atoms with Gasteiger partial charge >= 0.3 is 0 Å². The average Bonchev–Trinajstić information content (AvgIpc) is 3.04. The summed E-state index contributed by atoms with van der Waals surface area (Å²) in [5.41, 5.74) is 6.63. The molecular weight excluding hydrogens is 332 g/mol. The molecule has 1 aromatic rings. The number of ketones is 1. The van der Waals surface area contributed by atoms with Gasteiger partial charge in [0.1, 0.15) is 17.7 Å². The van der Waals surface area contributed by atoms with Gasteiger partial charge < -0.3 is 15.8 Å². The van der Waals surface area contributed by atoms with Gasteiger partial charge in [-0.25, -0.2) is 5.90 Å². The topological polar surface area (TPSA) is 123 Å². The maximum absolute atomic E-state index is 11.9. The van der Waals surface area contributed by atoms with Crippen molar-refractivity contribution in [3.8, 4) is 5.75 Å². The highest BCUT2D eigenvalue weighted by molar-refractivity contribution is 5.97. The molecule has 0 unspecified atom stereocenters. The van der Waals surface area contributed by atoms with Crippen LogP contribution in [0.2, 0.25) is 0 Å². The molecule has 0 amide bonds. The third-order valence-corrected chi connectivity index (χ3v) is 5.67. The third-order valence-electron chi connectivity index (χ3n) is 5.67. The maximum Gasteiger partial charge on any atom is 0.180 e. The maximum atomic E-state index is 11.9. The van der Waals surface area contributed by atoms with Crippen LogP contribution in [0.1, 0.15) is 50.7 Å². The quantitative estimate of drug-likeness (QED) is 0.358. The number of aryl methyl sites for hydroxylation is 1. The highest BCUT2D eigenvalue weighted by Crippen LogP contribution is 2.34. The molecular formula is C19H28N4O3. The molecule has 0 spiro atoms. The smallest absolute Gasteiger partial charge is 0.180 e.